The molecule has 9 heteroatoms. The zero-order chi connectivity index (χ0) is 22.2. The first-order valence-electron chi connectivity index (χ1n) is 11.2. The second-order valence-electron chi connectivity index (χ2n) is 8.37. The molecule has 3 aliphatic heterocycles. The number of hydrogen-bond donors (Lipinski definition) is 0. The van der Waals surface area contributed by atoms with E-state index in [1.165, 1.54) is 0 Å². The van der Waals surface area contributed by atoms with E-state index in [0.29, 0.717) is 15.1 Å². The topological polar surface area (TPSA) is 57.0 Å². The standard InChI is InChI=1S/C23H28FN6OP/c1-3-18-20-12-19(26-30(20)14-16(2)25-18)21-13-22(31)29-15-17(4-5-23(29)32-21)28-10-8-27(7-6-24)9-11-28/h4-5,12-15,23,32H,3,6-11H2,1-2H3. The monoisotopic (exact) mass is 454 g/mol. The van der Waals surface area contributed by atoms with Crippen molar-refractivity contribution in [3.63, 3.8) is 0 Å². The van der Waals surface area contributed by atoms with Crippen LogP contribution < -0.4 is 0 Å². The molecule has 1 amide bonds. The number of rotatable bonds is 5. The molecular weight excluding hydrogens is 426 g/mol. The van der Waals surface area contributed by atoms with Gasteiger partial charge in [-0.15, -0.1) is 0 Å². The Morgan fingerprint density at radius 3 is 2.81 bits per heavy atom. The van der Waals surface area contributed by atoms with Gasteiger partial charge in [-0.3, -0.25) is 14.7 Å². The van der Waals surface area contributed by atoms with E-state index in [1.807, 2.05) is 28.7 Å². The van der Waals surface area contributed by atoms with E-state index in [4.69, 9.17) is 5.10 Å². The van der Waals surface area contributed by atoms with Gasteiger partial charge in [-0.1, -0.05) is 21.6 Å². The Labute approximate surface area is 189 Å². The summed E-state index contributed by atoms with van der Waals surface area (Å²) in [5.74, 6) is 0.0122. The molecule has 5 rings (SSSR count). The normalized spacial score (nSPS) is 22.5. The first-order chi connectivity index (χ1) is 15.6. The Kier molecular flexibility index (Phi) is 5.82. The van der Waals surface area contributed by atoms with Crippen molar-refractivity contribution in [3.8, 4) is 0 Å². The van der Waals surface area contributed by atoms with Crippen LogP contribution in [0.3, 0.4) is 0 Å². The average molecular weight is 454 g/mol. The maximum absolute atomic E-state index is 13.0. The lowest BCUT2D eigenvalue weighted by atomic mass is 10.2. The molecule has 168 valence electrons. The molecule has 0 saturated carbocycles. The number of piperazine rings is 1. The highest BCUT2D eigenvalue weighted by atomic mass is 31.1. The van der Waals surface area contributed by atoms with Crippen LogP contribution in [0.25, 0.3) is 10.8 Å². The number of nitrogens with zero attached hydrogens (tertiary/aromatic N) is 6. The third-order valence-corrected chi connectivity index (χ3v) is 7.72. The van der Waals surface area contributed by atoms with E-state index in [0.717, 1.165) is 66.2 Å². The molecule has 7 nitrogen and oxygen atoms in total. The van der Waals surface area contributed by atoms with Crippen molar-refractivity contribution in [2.24, 2.45) is 0 Å². The van der Waals surface area contributed by atoms with Gasteiger partial charge in [0.15, 0.2) is 0 Å². The first kappa shape index (κ1) is 21.3. The third kappa shape index (κ3) is 3.97. The summed E-state index contributed by atoms with van der Waals surface area (Å²) in [7, 11) is 0.430. The molecule has 2 atom stereocenters. The summed E-state index contributed by atoms with van der Waals surface area (Å²) < 4.78 is 14.5. The summed E-state index contributed by atoms with van der Waals surface area (Å²) in [6.45, 7) is 7.66. The second kappa shape index (κ2) is 8.75. The number of aromatic nitrogens is 3. The summed E-state index contributed by atoms with van der Waals surface area (Å²) >= 11 is 0. The lowest BCUT2D eigenvalue weighted by Gasteiger charge is -2.39. The van der Waals surface area contributed by atoms with Crippen LogP contribution in [0.2, 0.25) is 0 Å². The van der Waals surface area contributed by atoms with Gasteiger partial charge < -0.3 is 9.80 Å². The van der Waals surface area contributed by atoms with Gasteiger partial charge in [0.05, 0.1) is 40.3 Å². The van der Waals surface area contributed by atoms with Gasteiger partial charge in [0, 0.05) is 50.3 Å². The number of halogens is 1. The third-order valence-electron chi connectivity index (χ3n) is 6.25. The van der Waals surface area contributed by atoms with Gasteiger partial charge in [0.25, 0.3) is 5.91 Å². The van der Waals surface area contributed by atoms with Crippen molar-refractivity contribution in [1.29, 1.82) is 0 Å². The van der Waals surface area contributed by atoms with E-state index >= 15 is 0 Å². The molecule has 2 aromatic rings. The molecule has 0 aromatic carbocycles. The minimum Gasteiger partial charge on any atom is -0.368 e. The Balaban J connectivity index is 1.36. The fourth-order valence-corrected chi connectivity index (χ4v) is 5.85. The summed E-state index contributed by atoms with van der Waals surface area (Å²) in [6, 6.07) is 2.05. The molecule has 2 aromatic heterocycles. The number of amides is 1. The quantitative estimate of drug-likeness (QED) is 0.651. The molecular formula is C23H28FN6OP. The number of aryl methyl sites for hydroxylation is 2. The summed E-state index contributed by atoms with van der Waals surface area (Å²) in [4.78, 5) is 23.9. The van der Waals surface area contributed by atoms with Gasteiger partial charge in [-0.05, 0) is 25.5 Å². The van der Waals surface area contributed by atoms with Crippen LogP contribution in [0.15, 0.2) is 42.4 Å². The van der Waals surface area contributed by atoms with Crippen molar-refractivity contribution in [2.45, 2.75) is 26.1 Å². The zero-order valence-electron chi connectivity index (χ0n) is 18.5. The highest BCUT2D eigenvalue weighted by molar-refractivity contribution is 7.51. The summed E-state index contributed by atoms with van der Waals surface area (Å²) in [5.41, 5.74) is 4.86. The van der Waals surface area contributed by atoms with E-state index in [9.17, 15) is 9.18 Å². The Bertz CT molecular complexity index is 1130. The molecule has 2 unspecified atom stereocenters. The van der Waals surface area contributed by atoms with Crippen molar-refractivity contribution < 1.29 is 9.18 Å². The summed E-state index contributed by atoms with van der Waals surface area (Å²) in [5, 5.41) is 5.74. The number of carbonyl (C=O) groups excluding carboxylic acids is 1. The van der Waals surface area contributed by atoms with Crippen LogP contribution >= 0.6 is 8.58 Å². The maximum Gasteiger partial charge on any atom is 0.252 e. The fraction of sp³-hybridized carbons (Fsp3) is 0.435. The van der Waals surface area contributed by atoms with Crippen molar-refractivity contribution in [3.05, 3.63) is 59.5 Å². The molecule has 5 heterocycles. The van der Waals surface area contributed by atoms with E-state index in [1.54, 1.807) is 6.08 Å². The Hall–Kier alpha value is -2.57. The molecule has 0 spiro atoms. The minimum atomic E-state index is -0.301. The minimum absolute atomic E-state index is 0.0104. The zero-order valence-corrected chi connectivity index (χ0v) is 19.5. The molecule has 1 saturated heterocycles. The van der Waals surface area contributed by atoms with E-state index in [2.05, 4.69) is 39.9 Å². The number of alkyl halides is 1. The van der Waals surface area contributed by atoms with Crippen LogP contribution in [0.5, 0.6) is 0 Å². The summed E-state index contributed by atoms with van der Waals surface area (Å²) in [6.07, 6.45) is 10.7. The van der Waals surface area contributed by atoms with Crippen molar-refractivity contribution >= 4 is 25.3 Å². The Morgan fingerprint density at radius 2 is 2.06 bits per heavy atom. The molecule has 0 bridgehead atoms. The molecule has 0 N–H and O–H groups in total. The van der Waals surface area contributed by atoms with Crippen LogP contribution in [0, 0.1) is 6.92 Å². The smallest absolute Gasteiger partial charge is 0.252 e. The van der Waals surface area contributed by atoms with Gasteiger partial charge in [-0.25, -0.2) is 8.91 Å². The lowest BCUT2D eigenvalue weighted by Crippen LogP contribution is -2.47. The number of hydrogen-bond acceptors (Lipinski definition) is 5. The predicted octanol–water partition coefficient (Wildman–Crippen LogP) is 2.79. The number of allylic oxidation sites excluding steroid dienone is 1. The molecule has 3 aliphatic rings. The van der Waals surface area contributed by atoms with Gasteiger partial charge in [0.1, 0.15) is 6.67 Å². The highest BCUT2D eigenvalue weighted by Crippen LogP contribution is 2.44. The predicted molar refractivity (Wildman–Crippen MR) is 125 cm³/mol. The Morgan fingerprint density at radius 1 is 1.25 bits per heavy atom. The SMILES string of the molecule is CCc1nc(C)cn2nc(C3=CC(=O)N4C=C(N5CCN(CCF)CC5)C=CC4P3)cc12. The van der Waals surface area contributed by atoms with Gasteiger partial charge in [-0.2, -0.15) is 5.10 Å². The van der Waals surface area contributed by atoms with Crippen LogP contribution in [0.1, 0.15) is 24.0 Å². The molecule has 1 fully saturated rings. The van der Waals surface area contributed by atoms with Crippen LogP contribution in [-0.2, 0) is 11.2 Å². The van der Waals surface area contributed by atoms with Crippen LogP contribution in [0.4, 0.5) is 4.39 Å². The largest absolute Gasteiger partial charge is 0.368 e. The van der Waals surface area contributed by atoms with Crippen molar-refractivity contribution in [1.82, 2.24) is 29.3 Å². The average Bonchev–Trinajstić information content (AvgIpc) is 3.23. The second-order valence-corrected chi connectivity index (χ2v) is 9.78. The maximum atomic E-state index is 13.0. The molecule has 0 aliphatic carbocycles. The van der Waals surface area contributed by atoms with E-state index < -0.39 is 0 Å². The van der Waals surface area contributed by atoms with Crippen LogP contribution in [-0.4, -0.2) is 80.4 Å². The van der Waals surface area contributed by atoms with Gasteiger partial charge in [0.2, 0.25) is 0 Å². The highest BCUT2D eigenvalue weighted by Gasteiger charge is 2.31. The number of carbonyl (C=O) groups is 1. The van der Waals surface area contributed by atoms with Crippen molar-refractivity contribution in [2.75, 3.05) is 39.4 Å². The first-order valence-corrected chi connectivity index (χ1v) is 12.2. The van der Waals surface area contributed by atoms with E-state index in [-0.39, 0.29) is 18.4 Å². The molecule has 32 heavy (non-hydrogen) atoms. The fourth-order valence-electron chi connectivity index (χ4n) is 4.53. The molecule has 0 radical (unpaired) electrons. The number of fused-ring (bicyclic) bond motifs is 2. The lowest BCUT2D eigenvalue weighted by molar-refractivity contribution is -0.123. The van der Waals surface area contributed by atoms with Gasteiger partial charge >= 0.3 is 0 Å².